The quantitative estimate of drug-likeness (QED) is 0.760. The highest BCUT2D eigenvalue weighted by Crippen LogP contribution is 2.18. The molecule has 7 nitrogen and oxygen atoms in total. The summed E-state index contributed by atoms with van der Waals surface area (Å²) in [5, 5.41) is 5.22. The molecule has 1 aromatic rings. The number of hydrogen-bond donors (Lipinski definition) is 2. The summed E-state index contributed by atoms with van der Waals surface area (Å²) in [5.41, 5.74) is 2.99. The molecular formula is C19H24N2O5. The zero-order valence-electron chi connectivity index (χ0n) is 15.5. The average molecular weight is 360 g/mol. The molecular weight excluding hydrogens is 336 g/mol. The maximum Gasteiger partial charge on any atom is 0.338 e. The van der Waals surface area contributed by atoms with Crippen molar-refractivity contribution < 1.29 is 23.9 Å². The van der Waals surface area contributed by atoms with Gasteiger partial charge in [-0.2, -0.15) is 0 Å². The molecule has 1 aromatic carbocycles. The van der Waals surface area contributed by atoms with Crippen LogP contribution in [0.25, 0.3) is 0 Å². The van der Waals surface area contributed by atoms with E-state index in [4.69, 9.17) is 9.47 Å². The Morgan fingerprint density at radius 2 is 1.81 bits per heavy atom. The van der Waals surface area contributed by atoms with E-state index in [0.29, 0.717) is 12.0 Å². The summed E-state index contributed by atoms with van der Waals surface area (Å²) in [7, 11) is 0. The van der Waals surface area contributed by atoms with Gasteiger partial charge in [-0.1, -0.05) is 13.0 Å². The Morgan fingerprint density at radius 3 is 2.42 bits per heavy atom. The van der Waals surface area contributed by atoms with Crippen molar-refractivity contribution in [2.45, 2.75) is 40.2 Å². The molecule has 0 saturated heterocycles. The highest BCUT2D eigenvalue weighted by atomic mass is 16.5. The molecule has 0 spiro atoms. The maximum atomic E-state index is 12.3. The topological polar surface area (TPSA) is 93.7 Å². The molecule has 0 unspecified atom stereocenters. The molecule has 1 aliphatic heterocycles. The Morgan fingerprint density at radius 1 is 1.08 bits per heavy atom. The Balaban J connectivity index is 2.21. The normalized spacial score (nSPS) is 16.6. The van der Waals surface area contributed by atoms with Crippen molar-refractivity contribution in [2.24, 2.45) is 0 Å². The molecule has 1 heterocycles. The number of carbonyl (C=O) groups excluding carboxylic acids is 3. The number of aryl methyl sites for hydroxylation is 2. The van der Waals surface area contributed by atoms with E-state index in [1.54, 1.807) is 19.1 Å². The van der Waals surface area contributed by atoms with E-state index >= 15 is 0 Å². The van der Waals surface area contributed by atoms with E-state index in [1.165, 1.54) is 0 Å². The van der Waals surface area contributed by atoms with Crippen LogP contribution in [0.3, 0.4) is 0 Å². The van der Waals surface area contributed by atoms with Crippen molar-refractivity contribution in [3.8, 4) is 0 Å². The summed E-state index contributed by atoms with van der Waals surface area (Å²) in [6.45, 7) is 7.40. The molecule has 1 aliphatic rings. The van der Waals surface area contributed by atoms with E-state index in [9.17, 15) is 14.4 Å². The first kappa shape index (κ1) is 19.5. The minimum atomic E-state index is -0.538. The number of nitrogens with one attached hydrogen (secondary N) is 2. The fourth-order valence-corrected chi connectivity index (χ4v) is 2.66. The van der Waals surface area contributed by atoms with E-state index in [2.05, 4.69) is 10.6 Å². The van der Waals surface area contributed by atoms with Crippen LogP contribution in [0.5, 0.6) is 0 Å². The number of ether oxygens (including phenoxy) is 2. The molecule has 0 bridgehead atoms. The molecule has 2 N–H and O–H groups in total. The SMILES string of the molecule is CCOC(=O)C1=C(COC(=O)c2ccc(C)c(C)c2)NC(=O)N[C@H]1CC. The Hall–Kier alpha value is -2.83. The predicted octanol–water partition coefficient (Wildman–Crippen LogP) is 2.37. The van der Waals surface area contributed by atoms with E-state index < -0.39 is 24.0 Å². The van der Waals surface area contributed by atoms with Gasteiger partial charge in [-0.05, 0) is 50.5 Å². The number of hydrogen-bond acceptors (Lipinski definition) is 5. The summed E-state index contributed by atoms with van der Waals surface area (Å²) in [6.07, 6.45) is 0.510. The van der Waals surface area contributed by atoms with Gasteiger partial charge >= 0.3 is 18.0 Å². The lowest BCUT2D eigenvalue weighted by Gasteiger charge is -2.28. The first-order chi connectivity index (χ1) is 12.4. The standard InChI is InChI=1S/C19H24N2O5/c1-5-14-16(18(23)25-6-2)15(21-19(24)20-14)10-26-17(22)13-8-7-11(3)12(4)9-13/h7-9,14H,5-6,10H2,1-4H3,(H2,20,21,24)/t14-/m0/s1. The minimum Gasteiger partial charge on any atom is -0.463 e. The number of amides is 2. The van der Waals surface area contributed by atoms with Crippen LogP contribution in [0.2, 0.25) is 0 Å². The van der Waals surface area contributed by atoms with E-state index in [-0.39, 0.29) is 24.5 Å². The maximum absolute atomic E-state index is 12.3. The van der Waals surface area contributed by atoms with Gasteiger partial charge in [0.25, 0.3) is 0 Å². The second-order valence-corrected chi connectivity index (χ2v) is 6.05. The zero-order valence-corrected chi connectivity index (χ0v) is 15.5. The number of benzene rings is 1. The monoisotopic (exact) mass is 360 g/mol. The summed E-state index contributed by atoms with van der Waals surface area (Å²) in [6, 6.07) is 4.34. The van der Waals surface area contributed by atoms with E-state index in [1.807, 2.05) is 26.8 Å². The van der Waals surface area contributed by atoms with Crippen LogP contribution in [0.15, 0.2) is 29.5 Å². The van der Waals surface area contributed by atoms with Gasteiger partial charge in [0.05, 0.1) is 29.5 Å². The minimum absolute atomic E-state index is 0.211. The van der Waals surface area contributed by atoms with Crippen molar-refractivity contribution in [2.75, 3.05) is 13.2 Å². The first-order valence-corrected chi connectivity index (χ1v) is 8.59. The number of rotatable bonds is 6. The largest absolute Gasteiger partial charge is 0.463 e. The Bertz CT molecular complexity index is 754. The number of esters is 2. The third-order valence-electron chi connectivity index (χ3n) is 4.24. The molecule has 0 radical (unpaired) electrons. The van der Waals surface area contributed by atoms with Crippen molar-refractivity contribution in [3.63, 3.8) is 0 Å². The fourth-order valence-electron chi connectivity index (χ4n) is 2.66. The molecule has 0 aromatic heterocycles. The molecule has 0 fully saturated rings. The van der Waals surface area contributed by atoms with Crippen molar-refractivity contribution in [1.29, 1.82) is 0 Å². The van der Waals surface area contributed by atoms with E-state index in [0.717, 1.165) is 11.1 Å². The van der Waals surface area contributed by atoms with Gasteiger partial charge < -0.3 is 20.1 Å². The highest BCUT2D eigenvalue weighted by molar-refractivity contribution is 5.95. The summed E-state index contributed by atoms with van der Waals surface area (Å²) in [5.74, 6) is -1.06. The molecule has 0 saturated carbocycles. The van der Waals surface area contributed by atoms with Crippen LogP contribution in [0, 0.1) is 13.8 Å². The second kappa shape index (κ2) is 8.51. The Kier molecular flexibility index (Phi) is 6.38. The molecule has 1 atom stereocenters. The third kappa shape index (κ3) is 4.41. The fraction of sp³-hybridized carbons (Fsp3) is 0.421. The second-order valence-electron chi connectivity index (χ2n) is 6.05. The Labute approximate surface area is 152 Å². The lowest BCUT2D eigenvalue weighted by molar-refractivity contribution is -0.139. The van der Waals surface area contributed by atoms with Gasteiger partial charge in [-0.25, -0.2) is 14.4 Å². The molecule has 26 heavy (non-hydrogen) atoms. The highest BCUT2D eigenvalue weighted by Gasteiger charge is 2.32. The van der Waals surface area contributed by atoms with Crippen molar-refractivity contribution in [1.82, 2.24) is 10.6 Å². The van der Waals surface area contributed by atoms with Crippen LogP contribution >= 0.6 is 0 Å². The van der Waals surface area contributed by atoms with Gasteiger partial charge in [-0.3, -0.25) is 0 Å². The van der Waals surface area contributed by atoms with Crippen LogP contribution < -0.4 is 10.6 Å². The lowest BCUT2D eigenvalue weighted by atomic mass is 10.0. The predicted molar refractivity (Wildman–Crippen MR) is 95.6 cm³/mol. The van der Waals surface area contributed by atoms with Gasteiger partial charge in [-0.15, -0.1) is 0 Å². The molecule has 140 valence electrons. The summed E-state index contributed by atoms with van der Waals surface area (Å²) >= 11 is 0. The first-order valence-electron chi connectivity index (χ1n) is 8.59. The smallest absolute Gasteiger partial charge is 0.338 e. The van der Waals surface area contributed by atoms with Gasteiger partial charge in [0.2, 0.25) is 0 Å². The van der Waals surface area contributed by atoms with Crippen molar-refractivity contribution >= 4 is 18.0 Å². The van der Waals surface area contributed by atoms with Crippen molar-refractivity contribution in [3.05, 3.63) is 46.2 Å². The van der Waals surface area contributed by atoms with Gasteiger partial charge in [0.1, 0.15) is 6.61 Å². The van der Waals surface area contributed by atoms with Crippen LogP contribution in [0.1, 0.15) is 41.8 Å². The third-order valence-corrected chi connectivity index (χ3v) is 4.24. The lowest BCUT2D eigenvalue weighted by Crippen LogP contribution is -2.51. The van der Waals surface area contributed by atoms with Crippen LogP contribution in [0.4, 0.5) is 4.79 Å². The molecule has 2 rings (SSSR count). The number of carbonyl (C=O) groups is 3. The molecule has 2 amide bonds. The van der Waals surface area contributed by atoms with Gasteiger partial charge in [0.15, 0.2) is 0 Å². The summed E-state index contributed by atoms with van der Waals surface area (Å²) < 4.78 is 10.4. The zero-order chi connectivity index (χ0) is 19.3. The average Bonchev–Trinajstić information content (AvgIpc) is 2.61. The number of urea groups is 1. The summed E-state index contributed by atoms with van der Waals surface area (Å²) in [4.78, 5) is 36.4. The van der Waals surface area contributed by atoms with Crippen LogP contribution in [-0.4, -0.2) is 37.2 Å². The van der Waals surface area contributed by atoms with Gasteiger partial charge in [0, 0.05) is 0 Å². The van der Waals surface area contributed by atoms with Crippen LogP contribution in [-0.2, 0) is 14.3 Å². The molecule has 7 heteroatoms. The molecule has 0 aliphatic carbocycles.